The molecule has 0 aromatic rings. The van der Waals surface area contributed by atoms with E-state index >= 15 is 0 Å². The van der Waals surface area contributed by atoms with Crippen LogP contribution in [0.4, 0.5) is 4.79 Å². The molecule has 130 valence electrons. The molecular weight excluding hydrogens is 286 g/mol. The van der Waals surface area contributed by atoms with E-state index in [4.69, 9.17) is 14.2 Å². The predicted molar refractivity (Wildman–Crippen MR) is 83.8 cm³/mol. The third-order valence-corrected chi connectivity index (χ3v) is 3.19. The highest BCUT2D eigenvalue weighted by Gasteiger charge is 2.37. The molecule has 0 radical (unpaired) electrons. The maximum absolute atomic E-state index is 12.4. The summed E-state index contributed by atoms with van der Waals surface area (Å²) in [5.41, 5.74) is -1.17. The zero-order valence-electron chi connectivity index (χ0n) is 14.7. The van der Waals surface area contributed by atoms with Crippen LogP contribution >= 0.6 is 0 Å². The second-order valence-electron chi connectivity index (χ2n) is 7.63. The van der Waals surface area contributed by atoms with Crippen molar-refractivity contribution in [1.82, 2.24) is 4.90 Å². The predicted octanol–water partition coefficient (Wildman–Crippen LogP) is 2.05. The maximum atomic E-state index is 12.4. The molecule has 0 spiro atoms. The van der Waals surface area contributed by atoms with Gasteiger partial charge in [-0.25, -0.2) is 4.79 Å². The molecule has 22 heavy (non-hydrogen) atoms. The zero-order valence-corrected chi connectivity index (χ0v) is 14.7. The van der Waals surface area contributed by atoms with Gasteiger partial charge in [-0.15, -0.1) is 0 Å². The van der Waals surface area contributed by atoms with Crippen molar-refractivity contribution in [2.75, 3.05) is 32.9 Å². The van der Waals surface area contributed by atoms with Gasteiger partial charge in [0, 0.05) is 6.61 Å². The Hall–Kier alpha value is -0.850. The van der Waals surface area contributed by atoms with Gasteiger partial charge >= 0.3 is 6.09 Å². The van der Waals surface area contributed by atoms with E-state index in [1.807, 2.05) is 27.7 Å². The van der Waals surface area contributed by atoms with Gasteiger partial charge in [0.1, 0.15) is 11.2 Å². The first-order chi connectivity index (χ1) is 10.0. The molecule has 6 heteroatoms. The normalized spacial score (nSPS) is 26.9. The Kier molecular flexibility index (Phi) is 6.65. The molecule has 0 bridgehead atoms. The molecule has 6 nitrogen and oxygen atoms in total. The molecule has 1 aliphatic heterocycles. The molecule has 0 aliphatic carbocycles. The third kappa shape index (κ3) is 6.50. The molecule has 1 rings (SSSR count). The summed E-state index contributed by atoms with van der Waals surface area (Å²) in [6, 6.07) is 0. The molecule has 1 fully saturated rings. The second kappa shape index (κ2) is 7.62. The van der Waals surface area contributed by atoms with Gasteiger partial charge in [-0.1, -0.05) is 13.8 Å². The lowest BCUT2D eigenvalue weighted by molar-refractivity contribution is -0.102. The van der Waals surface area contributed by atoms with Gasteiger partial charge in [-0.2, -0.15) is 0 Å². The molecule has 1 amide bonds. The van der Waals surface area contributed by atoms with E-state index in [0.29, 0.717) is 32.2 Å². The fourth-order valence-corrected chi connectivity index (χ4v) is 2.14. The highest BCUT2D eigenvalue weighted by Crippen LogP contribution is 2.22. The lowest BCUT2D eigenvalue weighted by Crippen LogP contribution is -2.48. The molecular formula is C16H31NO5. The van der Waals surface area contributed by atoms with Crippen molar-refractivity contribution >= 4 is 6.09 Å². The molecule has 1 N–H and O–H groups in total. The fourth-order valence-electron chi connectivity index (χ4n) is 2.14. The van der Waals surface area contributed by atoms with Gasteiger partial charge in [0.2, 0.25) is 0 Å². The number of aliphatic hydroxyl groups is 1. The first kappa shape index (κ1) is 19.2. The van der Waals surface area contributed by atoms with E-state index in [2.05, 4.69) is 13.8 Å². The van der Waals surface area contributed by atoms with Crippen molar-refractivity contribution in [3.05, 3.63) is 0 Å². The molecule has 1 aliphatic rings. The van der Waals surface area contributed by atoms with Crippen LogP contribution < -0.4 is 0 Å². The first-order valence-corrected chi connectivity index (χ1v) is 7.89. The highest BCUT2D eigenvalue weighted by molar-refractivity contribution is 5.68. The monoisotopic (exact) mass is 317 g/mol. The molecule has 0 saturated carbocycles. The molecule has 0 aromatic carbocycles. The van der Waals surface area contributed by atoms with Crippen LogP contribution in [0.3, 0.4) is 0 Å². The van der Waals surface area contributed by atoms with E-state index in [0.717, 1.165) is 0 Å². The topological polar surface area (TPSA) is 68.2 Å². The van der Waals surface area contributed by atoms with Gasteiger partial charge < -0.3 is 24.2 Å². The summed E-state index contributed by atoms with van der Waals surface area (Å²) < 4.78 is 17.1. The van der Waals surface area contributed by atoms with E-state index in [-0.39, 0.29) is 6.61 Å². The van der Waals surface area contributed by atoms with Crippen LogP contribution in [0.1, 0.15) is 41.5 Å². The van der Waals surface area contributed by atoms with Crippen molar-refractivity contribution in [3.8, 4) is 0 Å². The summed E-state index contributed by atoms with van der Waals surface area (Å²) in [5, 5.41) is 9.39. The van der Waals surface area contributed by atoms with Crippen molar-refractivity contribution in [3.63, 3.8) is 0 Å². The van der Waals surface area contributed by atoms with Crippen molar-refractivity contribution < 1.29 is 24.1 Å². The Morgan fingerprint density at radius 1 is 1.45 bits per heavy atom. The molecule has 0 aromatic heterocycles. The number of hydrogen-bond acceptors (Lipinski definition) is 5. The lowest BCUT2D eigenvalue weighted by Gasteiger charge is -2.33. The minimum Gasteiger partial charge on any atom is -0.444 e. The Labute approximate surface area is 133 Å². The van der Waals surface area contributed by atoms with Crippen molar-refractivity contribution in [1.29, 1.82) is 0 Å². The van der Waals surface area contributed by atoms with Crippen LogP contribution in [0.2, 0.25) is 0 Å². The van der Waals surface area contributed by atoms with Gasteiger partial charge in [0.05, 0.1) is 32.4 Å². The van der Waals surface area contributed by atoms with Gasteiger partial charge in [0.25, 0.3) is 0 Å². The van der Waals surface area contributed by atoms with Crippen LogP contribution in [0.5, 0.6) is 0 Å². The Morgan fingerprint density at radius 3 is 2.59 bits per heavy atom. The summed E-state index contributed by atoms with van der Waals surface area (Å²) in [7, 11) is 0. The SMILES string of the molecule is CC(C)CO[C@@]1(C)CO[C@H](CO)CN(C(=O)OC(C)(C)C)C1. The highest BCUT2D eigenvalue weighted by atomic mass is 16.6. The average molecular weight is 317 g/mol. The number of amides is 1. The van der Waals surface area contributed by atoms with E-state index in [9.17, 15) is 9.90 Å². The first-order valence-electron chi connectivity index (χ1n) is 7.89. The largest absolute Gasteiger partial charge is 0.444 e. The number of hydrogen-bond donors (Lipinski definition) is 1. The lowest BCUT2D eigenvalue weighted by atomic mass is 10.1. The standard InChI is InChI=1S/C16H31NO5/c1-12(2)9-21-16(6)10-17(7-13(8-18)20-11-16)14(19)22-15(3,4)5/h12-13,18H,7-11H2,1-6H3/t13-,16+/m0/s1. The van der Waals surface area contributed by atoms with Gasteiger partial charge in [-0.3, -0.25) is 0 Å². The van der Waals surface area contributed by atoms with E-state index < -0.39 is 23.4 Å². The quantitative estimate of drug-likeness (QED) is 0.859. The minimum atomic E-state index is -0.606. The minimum absolute atomic E-state index is 0.139. The summed E-state index contributed by atoms with van der Waals surface area (Å²) in [4.78, 5) is 13.9. The second-order valence-corrected chi connectivity index (χ2v) is 7.63. The Morgan fingerprint density at radius 2 is 2.09 bits per heavy atom. The van der Waals surface area contributed by atoms with Crippen LogP contribution in [-0.4, -0.2) is 66.3 Å². The number of carbonyl (C=O) groups is 1. The number of ether oxygens (including phenoxy) is 3. The number of nitrogens with zero attached hydrogens (tertiary/aromatic N) is 1. The van der Waals surface area contributed by atoms with Crippen LogP contribution in [0.15, 0.2) is 0 Å². The van der Waals surface area contributed by atoms with Gasteiger partial charge in [-0.05, 0) is 33.6 Å². The van der Waals surface area contributed by atoms with Crippen molar-refractivity contribution in [2.24, 2.45) is 5.92 Å². The maximum Gasteiger partial charge on any atom is 0.410 e. The zero-order chi connectivity index (χ0) is 17.0. The Balaban J connectivity index is 2.81. The average Bonchev–Trinajstić information content (AvgIpc) is 2.54. The number of aliphatic hydroxyl groups excluding tert-OH is 1. The molecule has 1 heterocycles. The summed E-state index contributed by atoms with van der Waals surface area (Å²) in [6.45, 7) is 13.0. The van der Waals surface area contributed by atoms with Crippen LogP contribution in [-0.2, 0) is 14.2 Å². The molecule has 1 saturated heterocycles. The third-order valence-electron chi connectivity index (χ3n) is 3.19. The summed E-state index contributed by atoms with van der Waals surface area (Å²) in [5.74, 6) is 0.392. The van der Waals surface area contributed by atoms with Crippen molar-refractivity contribution in [2.45, 2.75) is 58.8 Å². The van der Waals surface area contributed by atoms with E-state index in [1.54, 1.807) is 4.90 Å². The number of carbonyl (C=O) groups excluding carboxylic acids is 1. The molecule has 0 unspecified atom stereocenters. The smallest absolute Gasteiger partial charge is 0.410 e. The number of rotatable bonds is 4. The summed E-state index contributed by atoms with van der Waals surface area (Å²) in [6.07, 6.45) is -0.826. The van der Waals surface area contributed by atoms with Gasteiger partial charge in [0.15, 0.2) is 0 Å². The Bertz CT molecular complexity index is 366. The summed E-state index contributed by atoms with van der Waals surface area (Å²) >= 11 is 0. The van der Waals surface area contributed by atoms with Crippen LogP contribution in [0, 0.1) is 5.92 Å². The van der Waals surface area contributed by atoms with Crippen LogP contribution in [0.25, 0.3) is 0 Å². The fraction of sp³-hybridized carbons (Fsp3) is 0.938. The van der Waals surface area contributed by atoms with E-state index in [1.165, 1.54) is 0 Å². The molecule has 2 atom stereocenters.